The Morgan fingerprint density at radius 2 is 1.48 bits per heavy atom. The van der Waals surface area contributed by atoms with Crippen LogP contribution in [0.2, 0.25) is 0 Å². The lowest BCUT2D eigenvalue weighted by molar-refractivity contribution is -0.137. The van der Waals surface area contributed by atoms with Crippen molar-refractivity contribution < 1.29 is 13.2 Å². The molecule has 2 aromatic carbocycles. The standard InChI is InChI=1S/C24H25F3N2/c1-14-8-15(2)22(16(3)9-14)23-17(4)10-19(24(25,26)27)12-20(23)21-11-18(13-28-5)6-7-29-21/h6-12,28H,13H2,1-5H3. The molecule has 2 nitrogen and oxygen atoms in total. The minimum absolute atomic E-state index is 0.505. The number of aryl methyl sites for hydroxylation is 4. The van der Waals surface area contributed by atoms with Crippen LogP contribution in [0.3, 0.4) is 0 Å². The molecule has 0 bridgehead atoms. The van der Waals surface area contributed by atoms with Crippen LogP contribution in [0, 0.1) is 27.7 Å². The number of alkyl halides is 3. The van der Waals surface area contributed by atoms with Crippen molar-refractivity contribution in [2.45, 2.75) is 40.4 Å². The summed E-state index contributed by atoms with van der Waals surface area (Å²) in [6.45, 7) is 8.38. The van der Waals surface area contributed by atoms with E-state index in [1.54, 1.807) is 13.1 Å². The summed E-state index contributed by atoms with van der Waals surface area (Å²) in [7, 11) is 1.83. The fraction of sp³-hybridized carbons (Fsp3) is 0.292. The number of hydrogen-bond acceptors (Lipinski definition) is 2. The Morgan fingerprint density at radius 3 is 2.07 bits per heavy atom. The summed E-state index contributed by atoms with van der Waals surface area (Å²) in [5, 5.41) is 3.07. The van der Waals surface area contributed by atoms with Gasteiger partial charge in [-0.1, -0.05) is 17.7 Å². The summed E-state index contributed by atoms with van der Waals surface area (Å²) in [6, 6.07) is 10.3. The molecule has 0 aliphatic heterocycles. The highest BCUT2D eigenvalue weighted by Gasteiger charge is 2.32. The zero-order chi connectivity index (χ0) is 21.3. The summed E-state index contributed by atoms with van der Waals surface area (Å²) in [5.41, 5.74) is 6.94. The van der Waals surface area contributed by atoms with E-state index in [1.165, 1.54) is 12.1 Å². The lowest BCUT2D eigenvalue weighted by Gasteiger charge is -2.20. The van der Waals surface area contributed by atoms with Crippen LogP contribution >= 0.6 is 0 Å². The maximum Gasteiger partial charge on any atom is 0.416 e. The number of pyridine rings is 1. The molecule has 0 fully saturated rings. The fourth-order valence-corrected chi connectivity index (χ4v) is 3.99. The van der Waals surface area contributed by atoms with Crippen molar-refractivity contribution in [3.63, 3.8) is 0 Å². The number of nitrogens with one attached hydrogen (secondary N) is 1. The van der Waals surface area contributed by atoms with Gasteiger partial charge in [0.2, 0.25) is 0 Å². The second-order valence-electron chi connectivity index (χ2n) is 7.57. The third-order valence-corrected chi connectivity index (χ3v) is 5.07. The van der Waals surface area contributed by atoms with Crippen LogP contribution in [0.4, 0.5) is 13.2 Å². The van der Waals surface area contributed by atoms with Gasteiger partial charge in [0, 0.05) is 18.3 Å². The Morgan fingerprint density at radius 1 is 0.862 bits per heavy atom. The molecule has 0 amide bonds. The normalized spacial score (nSPS) is 11.7. The van der Waals surface area contributed by atoms with Gasteiger partial charge in [0.1, 0.15) is 0 Å². The van der Waals surface area contributed by atoms with Crippen molar-refractivity contribution in [3.05, 3.63) is 76.0 Å². The number of nitrogens with zero attached hydrogens (tertiary/aromatic N) is 1. The van der Waals surface area contributed by atoms with Crippen molar-refractivity contribution in [2.75, 3.05) is 7.05 Å². The predicted octanol–water partition coefficient (Wildman–Crippen LogP) is 6.39. The summed E-state index contributed by atoms with van der Waals surface area (Å²) in [5.74, 6) is 0. The topological polar surface area (TPSA) is 24.9 Å². The quantitative estimate of drug-likeness (QED) is 0.551. The lowest BCUT2D eigenvalue weighted by Crippen LogP contribution is -2.08. The van der Waals surface area contributed by atoms with Crippen LogP contribution in [0.5, 0.6) is 0 Å². The Kier molecular flexibility index (Phi) is 5.80. The maximum absolute atomic E-state index is 13.6. The van der Waals surface area contributed by atoms with Gasteiger partial charge in [0.15, 0.2) is 0 Å². The molecule has 1 N–H and O–H groups in total. The molecule has 0 unspecified atom stereocenters. The highest BCUT2D eigenvalue weighted by molar-refractivity contribution is 5.88. The van der Waals surface area contributed by atoms with Gasteiger partial charge in [-0.2, -0.15) is 13.2 Å². The summed E-state index contributed by atoms with van der Waals surface area (Å²) < 4.78 is 40.7. The van der Waals surface area contributed by atoms with Crippen molar-refractivity contribution in [2.24, 2.45) is 0 Å². The molecule has 29 heavy (non-hydrogen) atoms. The molecular formula is C24H25F3N2. The van der Waals surface area contributed by atoms with Crippen LogP contribution in [0.1, 0.15) is 33.4 Å². The van der Waals surface area contributed by atoms with Gasteiger partial charge in [-0.15, -0.1) is 0 Å². The van der Waals surface area contributed by atoms with Crippen molar-refractivity contribution >= 4 is 0 Å². The fourth-order valence-electron chi connectivity index (χ4n) is 3.99. The molecule has 0 radical (unpaired) electrons. The third-order valence-electron chi connectivity index (χ3n) is 5.07. The van der Waals surface area contributed by atoms with Crippen molar-refractivity contribution in [3.8, 4) is 22.4 Å². The smallest absolute Gasteiger partial charge is 0.316 e. The van der Waals surface area contributed by atoms with Gasteiger partial charge in [-0.05, 0) is 92.4 Å². The largest absolute Gasteiger partial charge is 0.416 e. The average molecular weight is 398 g/mol. The van der Waals surface area contributed by atoms with Gasteiger partial charge in [0.05, 0.1) is 11.3 Å². The second-order valence-corrected chi connectivity index (χ2v) is 7.57. The van der Waals surface area contributed by atoms with Gasteiger partial charge >= 0.3 is 6.18 Å². The number of halogens is 3. The lowest BCUT2D eigenvalue weighted by atomic mass is 9.85. The Bertz CT molecular complexity index is 1030. The summed E-state index contributed by atoms with van der Waals surface area (Å²) in [6.07, 6.45) is -2.77. The molecular weight excluding hydrogens is 373 g/mol. The van der Waals surface area contributed by atoms with E-state index in [4.69, 9.17) is 0 Å². The highest BCUT2D eigenvalue weighted by atomic mass is 19.4. The number of hydrogen-bond donors (Lipinski definition) is 1. The van der Waals surface area contributed by atoms with Gasteiger partial charge in [-0.3, -0.25) is 4.98 Å². The minimum Gasteiger partial charge on any atom is -0.316 e. The Hall–Kier alpha value is -2.66. The number of rotatable bonds is 4. The zero-order valence-corrected chi connectivity index (χ0v) is 17.3. The molecule has 152 valence electrons. The first-order valence-electron chi connectivity index (χ1n) is 9.51. The van der Waals surface area contributed by atoms with Gasteiger partial charge in [0.25, 0.3) is 0 Å². The van der Waals surface area contributed by atoms with E-state index in [0.29, 0.717) is 23.4 Å². The molecule has 3 aromatic rings. The molecule has 1 heterocycles. The van der Waals surface area contributed by atoms with Crippen LogP contribution in [-0.4, -0.2) is 12.0 Å². The monoisotopic (exact) mass is 398 g/mol. The molecule has 0 spiro atoms. The zero-order valence-electron chi connectivity index (χ0n) is 17.3. The maximum atomic E-state index is 13.6. The van der Waals surface area contributed by atoms with E-state index in [9.17, 15) is 13.2 Å². The third kappa shape index (κ3) is 4.35. The molecule has 0 saturated carbocycles. The number of aromatic nitrogens is 1. The molecule has 0 saturated heterocycles. The molecule has 0 atom stereocenters. The van der Waals surface area contributed by atoms with Gasteiger partial charge < -0.3 is 5.32 Å². The van der Waals surface area contributed by atoms with E-state index in [1.807, 2.05) is 40.0 Å². The van der Waals surface area contributed by atoms with Crippen LogP contribution in [-0.2, 0) is 12.7 Å². The first-order chi connectivity index (χ1) is 13.6. The second kappa shape index (κ2) is 7.99. The summed E-state index contributed by atoms with van der Waals surface area (Å²) in [4.78, 5) is 4.42. The molecule has 0 aliphatic rings. The van der Waals surface area contributed by atoms with Crippen molar-refractivity contribution in [1.29, 1.82) is 0 Å². The molecule has 0 aliphatic carbocycles. The first-order valence-corrected chi connectivity index (χ1v) is 9.51. The van der Waals surface area contributed by atoms with Crippen LogP contribution < -0.4 is 5.32 Å². The molecule has 1 aromatic heterocycles. The summed E-state index contributed by atoms with van der Waals surface area (Å²) >= 11 is 0. The van der Waals surface area contributed by atoms with E-state index < -0.39 is 11.7 Å². The van der Waals surface area contributed by atoms with Crippen LogP contribution in [0.15, 0.2) is 42.6 Å². The molecule has 3 rings (SSSR count). The first kappa shape index (κ1) is 21.1. The van der Waals surface area contributed by atoms with Crippen molar-refractivity contribution in [1.82, 2.24) is 10.3 Å². The number of benzene rings is 2. The van der Waals surface area contributed by atoms with E-state index >= 15 is 0 Å². The Balaban J connectivity index is 2.36. The minimum atomic E-state index is -4.42. The van der Waals surface area contributed by atoms with E-state index in [2.05, 4.69) is 22.4 Å². The van der Waals surface area contributed by atoms with E-state index in [0.717, 1.165) is 33.4 Å². The predicted molar refractivity (Wildman–Crippen MR) is 112 cm³/mol. The van der Waals surface area contributed by atoms with Gasteiger partial charge in [-0.25, -0.2) is 0 Å². The SMILES string of the molecule is CNCc1ccnc(-c2cc(C(F)(F)F)cc(C)c2-c2c(C)cc(C)cc2C)c1. The van der Waals surface area contributed by atoms with E-state index in [-0.39, 0.29) is 0 Å². The van der Waals surface area contributed by atoms with Crippen LogP contribution in [0.25, 0.3) is 22.4 Å². The Labute approximate surface area is 169 Å². The molecule has 5 heteroatoms. The highest BCUT2D eigenvalue weighted by Crippen LogP contribution is 2.42. The average Bonchev–Trinajstić information content (AvgIpc) is 2.61.